The SMILES string of the molecule is O=C(c1ncc(-c2nc3cc4cc5sc(-c6cnc(C(=O)c7cc(F)c(F)cc7F)s6)nc5cc4cc3s2)s1)c1cc(F)c(F)cc1F. The van der Waals surface area contributed by atoms with Crippen LogP contribution in [0.4, 0.5) is 26.3 Å². The number of halogens is 6. The molecular formula is C32H10F6N4O2S4. The average molecular weight is 725 g/mol. The summed E-state index contributed by atoms with van der Waals surface area (Å²) < 4.78 is 84.0. The van der Waals surface area contributed by atoms with Gasteiger partial charge in [-0.15, -0.1) is 45.3 Å². The number of hydrogen-bond acceptors (Lipinski definition) is 10. The number of aromatic nitrogens is 4. The Hall–Kier alpha value is -4.90. The molecule has 0 spiro atoms. The number of hydrogen-bond donors (Lipinski definition) is 0. The fraction of sp³-hybridized carbons (Fsp3) is 0. The first-order valence-corrected chi connectivity index (χ1v) is 16.7. The topological polar surface area (TPSA) is 85.7 Å². The van der Waals surface area contributed by atoms with Crippen LogP contribution in [0.3, 0.4) is 0 Å². The lowest BCUT2D eigenvalue weighted by Gasteiger charge is -2.01. The molecule has 8 rings (SSSR count). The molecule has 0 saturated carbocycles. The smallest absolute Gasteiger partial charge is 0.224 e. The van der Waals surface area contributed by atoms with E-state index in [2.05, 4.69) is 19.9 Å². The summed E-state index contributed by atoms with van der Waals surface area (Å²) in [7, 11) is 0. The van der Waals surface area contributed by atoms with E-state index in [0.29, 0.717) is 55.1 Å². The van der Waals surface area contributed by atoms with Gasteiger partial charge in [0.1, 0.15) is 21.6 Å². The summed E-state index contributed by atoms with van der Waals surface area (Å²) in [6.07, 6.45) is 2.84. The second kappa shape index (κ2) is 11.4. The Morgan fingerprint density at radius 3 is 1.29 bits per heavy atom. The lowest BCUT2D eigenvalue weighted by Crippen LogP contribution is -2.05. The standard InChI is InChI=1S/C32H10F6N4O2S4/c33-15-7-19(37)17(35)5-13(15)27(43)31-39-9-25(47-31)29-41-21-1-11-3-24-22(2-12(11)4-23(21)45-29)42-30(46-24)26-10-40-32(48-26)28(44)14-6-18(36)20(38)8-16(14)34/h1-10H. The van der Waals surface area contributed by atoms with Gasteiger partial charge in [0.15, 0.2) is 33.3 Å². The maximum absolute atomic E-state index is 14.2. The van der Waals surface area contributed by atoms with E-state index in [9.17, 15) is 35.9 Å². The molecule has 4 aromatic heterocycles. The van der Waals surface area contributed by atoms with E-state index in [0.717, 1.165) is 42.8 Å². The van der Waals surface area contributed by atoms with Gasteiger partial charge in [0.2, 0.25) is 11.6 Å². The second-order valence-electron chi connectivity index (χ2n) is 10.2. The zero-order chi connectivity index (χ0) is 33.4. The number of thiazole rings is 4. The summed E-state index contributed by atoms with van der Waals surface area (Å²) in [5.74, 6) is -9.60. The Balaban J connectivity index is 1.08. The van der Waals surface area contributed by atoms with Crippen LogP contribution in [0.1, 0.15) is 30.7 Å². The first kappa shape index (κ1) is 30.4. The average Bonchev–Trinajstić information content (AvgIpc) is 3.87. The highest BCUT2D eigenvalue weighted by Crippen LogP contribution is 2.39. The van der Waals surface area contributed by atoms with Crippen LogP contribution < -0.4 is 0 Å². The van der Waals surface area contributed by atoms with E-state index >= 15 is 0 Å². The Kier molecular flexibility index (Phi) is 7.21. The number of fused-ring (bicyclic) bond motifs is 3. The summed E-state index contributed by atoms with van der Waals surface area (Å²) >= 11 is 4.60. The van der Waals surface area contributed by atoms with E-state index in [-0.39, 0.29) is 10.0 Å². The molecule has 0 aliphatic rings. The molecule has 4 aromatic carbocycles. The molecule has 236 valence electrons. The predicted octanol–water partition coefficient (Wildman–Crippen LogP) is 9.60. The van der Waals surface area contributed by atoms with Crippen LogP contribution in [-0.2, 0) is 0 Å². The molecule has 6 nitrogen and oxygen atoms in total. The number of ketones is 2. The largest absolute Gasteiger partial charge is 0.286 e. The molecule has 0 bridgehead atoms. The molecule has 0 N–H and O–H groups in total. The molecule has 0 atom stereocenters. The maximum Gasteiger partial charge on any atom is 0.224 e. The summed E-state index contributed by atoms with van der Waals surface area (Å²) in [6, 6.07) is 9.33. The molecule has 8 aromatic rings. The molecule has 4 heterocycles. The highest BCUT2D eigenvalue weighted by Gasteiger charge is 2.23. The summed E-state index contributed by atoms with van der Waals surface area (Å²) in [5, 5.41) is 2.65. The number of benzene rings is 4. The van der Waals surface area contributed by atoms with Gasteiger partial charge in [0.25, 0.3) is 0 Å². The highest BCUT2D eigenvalue weighted by atomic mass is 32.1. The quantitative estimate of drug-likeness (QED) is 0.0965. The lowest BCUT2D eigenvalue weighted by molar-refractivity contribution is 0.102. The molecular weight excluding hydrogens is 715 g/mol. The van der Waals surface area contributed by atoms with Crippen molar-refractivity contribution in [3.05, 3.63) is 117 Å². The van der Waals surface area contributed by atoms with Gasteiger partial charge in [-0.1, -0.05) is 0 Å². The van der Waals surface area contributed by atoms with Gasteiger partial charge < -0.3 is 0 Å². The summed E-state index contributed by atoms with van der Waals surface area (Å²) in [5.41, 5.74) is 0.107. The second-order valence-corrected chi connectivity index (χ2v) is 14.4. The monoisotopic (exact) mass is 724 g/mol. The molecule has 0 amide bonds. The third-order valence-corrected chi connectivity index (χ3v) is 11.6. The Morgan fingerprint density at radius 1 is 0.479 bits per heavy atom. The van der Waals surface area contributed by atoms with E-state index in [1.807, 2.05) is 24.3 Å². The van der Waals surface area contributed by atoms with Crippen LogP contribution >= 0.6 is 45.3 Å². The van der Waals surface area contributed by atoms with Crippen molar-refractivity contribution in [1.29, 1.82) is 0 Å². The van der Waals surface area contributed by atoms with Gasteiger partial charge >= 0.3 is 0 Å². The van der Waals surface area contributed by atoms with E-state index in [1.54, 1.807) is 0 Å². The van der Waals surface area contributed by atoms with Gasteiger partial charge in [0, 0.05) is 24.5 Å². The third-order valence-electron chi connectivity index (χ3n) is 7.18. The van der Waals surface area contributed by atoms with Crippen LogP contribution in [0.2, 0.25) is 0 Å². The summed E-state index contributed by atoms with van der Waals surface area (Å²) in [4.78, 5) is 44.1. The molecule has 0 saturated heterocycles. The van der Waals surface area contributed by atoms with E-state index in [4.69, 9.17) is 0 Å². The minimum atomic E-state index is -1.40. The number of rotatable bonds is 6. The van der Waals surface area contributed by atoms with Crippen molar-refractivity contribution in [3.8, 4) is 19.8 Å². The zero-order valence-corrected chi connectivity index (χ0v) is 26.5. The normalized spacial score (nSPS) is 11.7. The van der Waals surface area contributed by atoms with E-state index in [1.165, 1.54) is 35.1 Å². The lowest BCUT2D eigenvalue weighted by atomic mass is 10.1. The first-order valence-electron chi connectivity index (χ1n) is 13.5. The molecule has 0 aliphatic heterocycles. The van der Waals surface area contributed by atoms with E-state index < -0.39 is 57.6 Å². The van der Waals surface area contributed by atoms with Crippen LogP contribution in [-0.4, -0.2) is 31.5 Å². The molecule has 16 heteroatoms. The zero-order valence-electron chi connectivity index (χ0n) is 23.3. The van der Waals surface area contributed by atoms with Gasteiger partial charge in [-0.2, -0.15) is 0 Å². The molecule has 48 heavy (non-hydrogen) atoms. The molecule has 0 unspecified atom stereocenters. The minimum Gasteiger partial charge on any atom is -0.286 e. The first-order chi connectivity index (χ1) is 23.0. The fourth-order valence-electron chi connectivity index (χ4n) is 4.89. The van der Waals surface area contributed by atoms with Crippen LogP contribution in [0.15, 0.2) is 60.9 Å². The fourth-order valence-corrected chi connectivity index (χ4v) is 8.70. The number of carbonyl (C=O) groups is 2. The van der Waals surface area contributed by atoms with Crippen molar-refractivity contribution >= 4 is 88.1 Å². The van der Waals surface area contributed by atoms with Gasteiger partial charge in [0.05, 0.1) is 41.3 Å². The molecule has 0 fully saturated rings. The van der Waals surface area contributed by atoms with Gasteiger partial charge in [-0.05, 0) is 47.2 Å². The Labute approximate surface area is 279 Å². The van der Waals surface area contributed by atoms with Crippen molar-refractivity contribution < 1.29 is 35.9 Å². The number of nitrogens with zero attached hydrogens (tertiary/aromatic N) is 4. The van der Waals surface area contributed by atoms with Gasteiger partial charge in [-0.25, -0.2) is 46.3 Å². The van der Waals surface area contributed by atoms with Crippen molar-refractivity contribution in [2.24, 2.45) is 0 Å². The maximum atomic E-state index is 14.2. The van der Waals surface area contributed by atoms with Crippen molar-refractivity contribution in [1.82, 2.24) is 19.9 Å². The Morgan fingerprint density at radius 2 is 0.875 bits per heavy atom. The van der Waals surface area contributed by atoms with Gasteiger partial charge in [-0.3, -0.25) is 9.59 Å². The third kappa shape index (κ3) is 5.17. The van der Waals surface area contributed by atoms with Crippen molar-refractivity contribution in [2.75, 3.05) is 0 Å². The van der Waals surface area contributed by atoms with Crippen molar-refractivity contribution in [3.63, 3.8) is 0 Å². The van der Waals surface area contributed by atoms with Crippen molar-refractivity contribution in [2.45, 2.75) is 0 Å². The summed E-state index contributed by atoms with van der Waals surface area (Å²) in [6.45, 7) is 0. The highest BCUT2D eigenvalue weighted by molar-refractivity contribution is 7.26. The Bertz CT molecular complexity index is 2420. The predicted molar refractivity (Wildman–Crippen MR) is 172 cm³/mol. The van der Waals surface area contributed by atoms with Crippen LogP contribution in [0.5, 0.6) is 0 Å². The van der Waals surface area contributed by atoms with Crippen LogP contribution in [0, 0.1) is 34.9 Å². The van der Waals surface area contributed by atoms with Crippen LogP contribution in [0.25, 0.3) is 51.0 Å². The molecule has 0 aliphatic carbocycles. The number of carbonyl (C=O) groups excluding carboxylic acids is 2. The minimum absolute atomic E-state index is 0.101. The molecule has 0 radical (unpaired) electrons.